The van der Waals surface area contributed by atoms with Crippen molar-refractivity contribution in [3.05, 3.63) is 41.0 Å². The fourth-order valence-electron chi connectivity index (χ4n) is 3.91. The van der Waals surface area contributed by atoms with Crippen molar-refractivity contribution in [2.45, 2.75) is 37.8 Å². The topological polar surface area (TPSA) is 68.7 Å². The van der Waals surface area contributed by atoms with Gasteiger partial charge < -0.3 is 20.2 Å². The molecular weight excluding hydrogens is 364 g/mol. The molecule has 0 radical (unpaired) electrons. The Bertz CT molecular complexity index is 880. The number of carbonyl (C=O) groups excluding carboxylic acids is 1. The van der Waals surface area contributed by atoms with E-state index in [4.69, 9.17) is 11.6 Å². The summed E-state index contributed by atoms with van der Waals surface area (Å²) in [5.41, 5.74) is 2.87. The number of amides is 1. The second kappa shape index (κ2) is 7.02. The number of para-hydroxylation sites is 1. The zero-order chi connectivity index (χ0) is 19.1. The summed E-state index contributed by atoms with van der Waals surface area (Å²) in [5, 5.41) is 13.7. The minimum Gasteiger partial charge on any atom is -0.393 e. The Labute approximate surface area is 163 Å². The molecule has 6 nitrogen and oxygen atoms in total. The highest BCUT2D eigenvalue weighted by Crippen LogP contribution is 2.43. The number of aliphatic hydroxyl groups excluding tert-OH is 1. The summed E-state index contributed by atoms with van der Waals surface area (Å²) in [4.78, 5) is 21.0. The van der Waals surface area contributed by atoms with Crippen LogP contribution in [0.5, 0.6) is 0 Å². The van der Waals surface area contributed by atoms with Crippen LogP contribution >= 0.6 is 11.6 Å². The molecular formula is C20H23ClN4O2. The third-order valence-electron chi connectivity index (χ3n) is 5.49. The Hall–Kier alpha value is -2.31. The highest BCUT2D eigenvalue weighted by Gasteiger charge is 2.29. The molecule has 7 heteroatoms. The van der Waals surface area contributed by atoms with Crippen LogP contribution in [-0.4, -0.2) is 42.2 Å². The van der Waals surface area contributed by atoms with Gasteiger partial charge in [0.2, 0.25) is 0 Å². The number of carbonyl (C=O) groups is 1. The minimum atomic E-state index is -0.188. The maximum Gasteiger partial charge on any atom is 0.260 e. The molecule has 2 aliphatic rings. The van der Waals surface area contributed by atoms with Crippen molar-refractivity contribution in [1.29, 1.82) is 0 Å². The maximum absolute atomic E-state index is 12.9. The molecule has 1 aromatic heterocycles. The van der Waals surface area contributed by atoms with Crippen molar-refractivity contribution in [3.63, 3.8) is 0 Å². The number of pyridine rings is 1. The number of hydrogen-bond acceptors (Lipinski definition) is 5. The zero-order valence-electron chi connectivity index (χ0n) is 15.4. The van der Waals surface area contributed by atoms with Gasteiger partial charge in [-0.3, -0.25) is 4.79 Å². The van der Waals surface area contributed by atoms with Gasteiger partial charge in [0.15, 0.2) is 0 Å². The molecule has 2 aromatic rings. The first kappa shape index (κ1) is 18.1. The number of halogens is 1. The van der Waals surface area contributed by atoms with Crippen molar-refractivity contribution >= 4 is 40.4 Å². The number of aliphatic hydroxyl groups is 1. The second-order valence-electron chi connectivity index (χ2n) is 7.27. The number of aromatic nitrogens is 1. The van der Waals surface area contributed by atoms with Crippen LogP contribution in [0.15, 0.2) is 30.5 Å². The van der Waals surface area contributed by atoms with Gasteiger partial charge in [0.25, 0.3) is 5.91 Å². The minimum absolute atomic E-state index is 0.109. The van der Waals surface area contributed by atoms with Crippen LogP contribution in [-0.2, 0) is 0 Å². The van der Waals surface area contributed by atoms with Gasteiger partial charge in [-0.1, -0.05) is 17.7 Å². The largest absolute Gasteiger partial charge is 0.393 e. The van der Waals surface area contributed by atoms with Gasteiger partial charge in [0.05, 0.1) is 39.9 Å². The molecule has 0 saturated heterocycles. The predicted octanol–water partition coefficient (Wildman–Crippen LogP) is 3.81. The van der Waals surface area contributed by atoms with E-state index in [0.717, 1.165) is 42.9 Å². The van der Waals surface area contributed by atoms with Crippen molar-refractivity contribution in [3.8, 4) is 0 Å². The monoisotopic (exact) mass is 386 g/mol. The second-order valence-corrected chi connectivity index (χ2v) is 7.67. The summed E-state index contributed by atoms with van der Waals surface area (Å²) in [6, 6.07) is 7.64. The van der Waals surface area contributed by atoms with Crippen LogP contribution in [0.25, 0.3) is 0 Å². The van der Waals surface area contributed by atoms with Gasteiger partial charge in [-0.05, 0) is 37.8 Å². The fraction of sp³-hybridized carbons (Fsp3) is 0.400. The van der Waals surface area contributed by atoms with Gasteiger partial charge >= 0.3 is 0 Å². The number of rotatable bonds is 2. The lowest BCUT2D eigenvalue weighted by molar-refractivity contribution is 0.0994. The maximum atomic E-state index is 12.9. The van der Waals surface area contributed by atoms with Crippen molar-refractivity contribution in [2.24, 2.45) is 0 Å². The van der Waals surface area contributed by atoms with E-state index in [1.165, 1.54) is 0 Å². The predicted molar refractivity (Wildman–Crippen MR) is 108 cm³/mol. The Balaban J connectivity index is 1.71. The lowest BCUT2D eigenvalue weighted by Gasteiger charge is -2.28. The average Bonchev–Trinajstić information content (AvgIpc) is 2.74. The van der Waals surface area contributed by atoms with Crippen LogP contribution < -0.4 is 15.1 Å². The van der Waals surface area contributed by atoms with Crippen molar-refractivity contribution in [1.82, 2.24) is 4.98 Å². The normalized spacial score (nSPS) is 22.1. The van der Waals surface area contributed by atoms with Crippen LogP contribution in [0, 0.1) is 0 Å². The molecule has 0 bridgehead atoms. The number of fused-ring (bicyclic) bond motifs is 2. The molecule has 2 N–H and O–H groups in total. The molecule has 142 valence electrons. The van der Waals surface area contributed by atoms with E-state index in [2.05, 4.69) is 10.3 Å². The highest BCUT2D eigenvalue weighted by molar-refractivity contribution is 6.35. The summed E-state index contributed by atoms with van der Waals surface area (Å²) in [6.07, 6.45) is 4.99. The molecule has 1 aliphatic carbocycles. The van der Waals surface area contributed by atoms with E-state index in [-0.39, 0.29) is 12.0 Å². The molecule has 0 spiro atoms. The summed E-state index contributed by atoms with van der Waals surface area (Å²) in [6.45, 7) is 0. The molecule has 4 rings (SSSR count). The van der Waals surface area contributed by atoms with E-state index in [9.17, 15) is 9.90 Å². The molecule has 1 aliphatic heterocycles. The number of anilines is 4. The van der Waals surface area contributed by atoms with Gasteiger partial charge in [0.1, 0.15) is 5.82 Å². The highest BCUT2D eigenvalue weighted by atomic mass is 35.5. The van der Waals surface area contributed by atoms with Gasteiger partial charge in [-0.2, -0.15) is 0 Å². The number of nitrogens with one attached hydrogen (secondary N) is 1. The Kier molecular flexibility index (Phi) is 4.70. The van der Waals surface area contributed by atoms with Crippen molar-refractivity contribution in [2.75, 3.05) is 29.2 Å². The van der Waals surface area contributed by atoms with E-state index in [1.807, 2.05) is 18.0 Å². The average molecular weight is 387 g/mol. The standard InChI is InChI=1S/C20H23ClN4O2/c1-24-16-10-18(23-12-6-8-13(26)9-7-12)22-11-17(16)25(2)20(27)14-4-3-5-15(21)19(14)24/h3-5,10-13,26H,6-9H2,1-2H3,(H,22,23). The quantitative estimate of drug-likeness (QED) is 0.821. The molecule has 1 aromatic carbocycles. The van der Waals surface area contributed by atoms with Crippen LogP contribution in [0.2, 0.25) is 5.02 Å². The third kappa shape index (κ3) is 3.24. The van der Waals surface area contributed by atoms with Gasteiger partial charge in [0, 0.05) is 26.2 Å². The van der Waals surface area contributed by atoms with Gasteiger partial charge in [-0.15, -0.1) is 0 Å². The summed E-state index contributed by atoms with van der Waals surface area (Å²) in [7, 11) is 3.67. The first-order chi connectivity index (χ1) is 13.0. The summed E-state index contributed by atoms with van der Waals surface area (Å²) < 4.78 is 0. The third-order valence-corrected chi connectivity index (χ3v) is 5.80. The Morgan fingerprint density at radius 1 is 1.15 bits per heavy atom. The van der Waals surface area contributed by atoms with E-state index in [0.29, 0.717) is 22.3 Å². The Morgan fingerprint density at radius 2 is 1.89 bits per heavy atom. The molecule has 1 amide bonds. The first-order valence-electron chi connectivity index (χ1n) is 9.20. The Morgan fingerprint density at radius 3 is 2.63 bits per heavy atom. The van der Waals surface area contributed by atoms with Gasteiger partial charge in [-0.25, -0.2) is 4.98 Å². The summed E-state index contributed by atoms with van der Waals surface area (Å²) in [5.74, 6) is 0.653. The number of benzene rings is 1. The molecule has 27 heavy (non-hydrogen) atoms. The number of nitrogens with zero attached hydrogens (tertiary/aromatic N) is 3. The van der Waals surface area contributed by atoms with Crippen LogP contribution in [0.1, 0.15) is 36.0 Å². The summed E-state index contributed by atoms with van der Waals surface area (Å²) >= 11 is 6.43. The zero-order valence-corrected chi connectivity index (χ0v) is 16.2. The molecule has 2 heterocycles. The fourth-order valence-corrected chi connectivity index (χ4v) is 4.21. The molecule has 0 unspecified atom stereocenters. The van der Waals surface area contributed by atoms with E-state index in [1.54, 1.807) is 36.3 Å². The number of hydrogen-bond donors (Lipinski definition) is 2. The van der Waals surface area contributed by atoms with Crippen LogP contribution in [0.3, 0.4) is 0 Å². The lowest BCUT2D eigenvalue weighted by atomic mass is 9.93. The SMILES string of the molecule is CN1C(=O)c2cccc(Cl)c2N(C)c2cc(NC3CCC(O)CC3)ncc21. The van der Waals surface area contributed by atoms with Crippen LogP contribution in [0.4, 0.5) is 22.9 Å². The van der Waals surface area contributed by atoms with E-state index < -0.39 is 0 Å². The smallest absolute Gasteiger partial charge is 0.260 e. The molecule has 1 saturated carbocycles. The van der Waals surface area contributed by atoms with Crippen molar-refractivity contribution < 1.29 is 9.90 Å². The molecule has 0 atom stereocenters. The van der Waals surface area contributed by atoms with E-state index >= 15 is 0 Å². The lowest BCUT2D eigenvalue weighted by Crippen LogP contribution is -2.29. The molecule has 1 fully saturated rings. The first-order valence-corrected chi connectivity index (χ1v) is 9.58.